The van der Waals surface area contributed by atoms with Gasteiger partial charge in [0.1, 0.15) is 0 Å². The van der Waals surface area contributed by atoms with Crippen LogP contribution in [0.15, 0.2) is 70.2 Å². The van der Waals surface area contributed by atoms with E-state index in [9.17, 15) is 4.79 Å². The highest BCUT2D eigenvalue weighted by molar-refractivity contribution is 7.12. The fourth-order valence-corrected chi connectivity index (χ4v) is 4.49. The van der Waals surface area contributed by atoms with Crippen LogP contribution in [0.3, 0.4) is 0 Å². The molecule has 3 aromatic rings. The zero-order valence-corrected chi connectivity index (χ0v) is 21.0. The molecule has 1 atom stereocenters. The van der Waals surface area contributed by atoms with E-state index >= 15 is 0 Å². The van der Waals surface area contributed by atoms with Crippen LogP contribution in [0.1, 0.15) is 28.5 Å². The molecule has 0 bridgehead atoms. The number of anilines is 1. The quantitative estimate of drug-likeness (QED) is 0.323. The molecule has 0 saturated heterocycles. The Morgan fingerprint density at radius 3 is 2.57 bits per heavy atom. The number of hydrogen-bond donors (Lipinski definition) is 0. The summed E-state index contributed by atoms with van der Waals surface area (Å²) in [5.41, 5.74) is 3.73. The summed E-state index contributed by atoms with van der Waals surface area (Å²) >= 11 is 1.60. The van der Waals surface area contributed by atoms with Crippen LogP contribution in [-0.2, 0) is 9.63 Å². The Morgan fingerprint density at radius 1 is 1.14 bits per heavy atom. The smallest absolute Gasteiger partial charge is 0.283 e. The van der Waals surface area contributed by atoms with Gasteiger partial charge in [-0.05, 0) is 46.8 Å². The molecule has 1 aromatic heterocycles. The number of ether oxygens (including phenoxy) is 2. The van der Waals surface area contributed by atoms with Gasteiger partial charge in [0.25, 0.3) is 5.91 Å². The highest BCUT2D eigenvalue weighted by Gasteiger charge is 2.34. The zero-order chi connectivity index (χ0) is 24.8. The molecule has 0 spiro atoms. The van der Waals surface area contributed by atoms with Crippen molar-refractivity contribution < 1.29 is 19.1 Å². The first kappa shape index (κ1) is 24.3. The molecule has 1 aliphatic heterocycles. The Balaban J connectivity index is 1.48. The van der Waals surface area contributed by atoms with Crippen LogP contribution in [0, 0.1) is 0 Å². The molecular formula is C26H28N4O4S. The molecule has 0 fully saturated rings. The standard InChI is InChI=1S/C26H28N4O4S/c1-29(2)20-10-7-18(8-11-20)16-27-34-17-26(31)30-22(15-21(28-30)25-6-5-13-35-25)19-9-12-23(32-3)24(14-19)33-4/h5-14,16,22H,15,17H2,1-4H3/b27-16+. The van der Waals surface area contributed by atoms with E-state index < -0.39 is 0 Å². The largest absolute Gasteiger partial charge is 0.493 e. The number of methoxy groups -OCH3 is 2. The number of carbonyl (C=O) groups excluding carboxylic acids is 1. The second kappa shape index (κ2) is 11.1. The SMILES string of the molecule is COc1ccc(C2CC(c3cccs3)=NN2C(=O)CO/N=C/c2ccc(N(C)C)cc2)cc1OC. The number of benzene rings is 2. The Bertz CT molecular complexity index is 1210. The lowest BCUT2D eigenvalue weighted by Gasteiger charge is -2.22. The maximum Gasteiger partial charge on any atom is 0.283 e. The highest BCUT2D eigenvalue weighted by Crippen LogP contribution is 2.37. The molecular weight excluding hydrogens is 464 g/mol. The fraction of sp³-hybridized carbons (Fsp3) is 0.269. The van der Waals surface area contributed by atoms with Crippen LogP contribution in [0.4, 0.5) is 5.69 Å². The molecule has 0 aliphatic carbocycles. The van der Waals surface area contributed by atoms with Gasteiger partial charge in [-0.1, -0.05) is 29.4 Å². The van der Waals surface area contributed by atoms with Gasteiger partial charge >= 0.3 is 0 Å². The van der Waals surface area contributed by atoms with E-state index in [1.54, 1.807) is 31.8 Å². The van der Waals surface area contributed by atoms with Crippen LogP contribution < -0.4 is 14.4 Å². The molecule has 0 N–H and O–H groups in total. The summed E-state index contributed by atoms with van der Waals surface area (Å²) in [5.74, 6) is 0.947. The first-order valence-electron chi connectivity index (χ1n) is 11.1. The summed E-state index contributed by atoms with van der Waals surface area (Å²) < 4.78 is 10.8. The number of hydrazone groups is 1. The lowest BCUT2D eigenvalue weighted by atomic mass is 10.0. The fourth-order valence-electron chi connectivity index (χ4n) is 3.77. The summed E-state index contributed by atoms with van der Waals surface area (Å²) in [4.78, 5) is 21.5. The van der Waals surface area contributed by atoms with E-state index in [-0.39, 0.29) is 18.6 Å². The first-order chi connectivity index (χ1) is 17.0. The van der Waals surface area contributed by atoms with E-state index in [0.29, 0.717) is 17.9 Å². The molecule has 1 amide bonds. The van der Waals surface area contributed by atoms with Gasteiger partial charge < -0.3 is 19.2 Å². The van der Waals surface area contributed by atoms with Gasteiger partial charge in [0.05, 0.1) is 37.1 Å². The molecule has 1 aliphatic rings. The van der Waals surface area contributed by atoms with Gasteiger partial charge in [0.15, 0.2) is 18.1 Å². The molecule has 0 radical (unpaired) electrons. The number of carbonyl (C=O) groups is 1. The number of amides is 1. The van der Waals surface area contributed by atoms with Crippen molar-refractivity contribution in [2.24, 2.45) is 10.3 Å². The topological polar surface area (TPSA) is 76.0 Å². The minimum Gasteiger partial charge on any atom is -0.493 e. The third-order valence-electron chi connectivity index (χ3n) is 5.64. The first-order valence-corrected chi connectivity index (χ1v) is 12.0. The highest BCUT2D eigenvalue weighted by atomic mass is 32.1. The van der Waals surface area contributed by atoms with Gasteiger partial charge in [-0.3, -0.25) is 4.79 Å². The molecule has 2 aromatic carbocycles. The van der Waals surface area contributed by atoms with Crippen LogP contribution in [0.25, 0.3) is 0 Å². The molecule has 1 unspecified atom stereocenters. The van der Waals surface area contributed by atoms with Crippen molar-refractivity contribution >= 4 is 34.9 Å². The molecule has 2 heterocycles. The van der Waals surface area contributed by atoms with Crippen molar-refractivity contribution in [2.75, 3.05) is 39.8 Å². The van der Waals surface area contributed by atoms with Crippen molar-refractivity contribution in [1.29, 1.82) is 0 Å². The predicted octanol–water partition coefficient (Wildman–Crippen LogP) is 4.56. The number of hydrogen-bond acceptors (Lipinski definition) is 8. The Labute approximate surface area is 209 Å². The van der Waals surface area contributed by atoms with Crippen LogP contribution in [-0.4, -0.2) is 57.8 Å². The van der Waals surface area contributed by atoms with Gasteiger partial charge in [-0.25, -0.2) is 5.01 Å². The number of thiophene rings is 1. The molecule has 35 heavy (non-hydrogen) atoms. The van der Waals surface area contributed by atoms with Crippen molar-refractivity contribution in [3.63, 3.8) is 0 Å². The van der Waals surface area contributed by atoms with Crippen LogP contribution >= 0.6 is 11.3 Å². The van der Waals surface area contributed by atoms with Crippen molar-refractivity contribution in [3.8, 4) is 11.5 Å². The van der Waals surface area contributed by atoms with Gasteiger partial charge in [-0.2, -0.15) is 5.10 Å². The molecule has 8 nitrogen and oxygen atoms in total. The number of nitrogens with zero attached hydrogens (tertiary/aromatic N) is 4. The second-order valence-corrected chi connectivity index (χ2v) is 9.04. The number of oxime groups is 1. The summed E-state index contributed by atoms with van der Waals surface area (Å²) in [7, 11) is 7.15. The summed E-state index contributed by atoms with van der Waals surface area (Å²) in [6, 6.07) is 17.2. The Hall–Kier alpha value is -3.85. The van der Waals surface area contributed by atoms with E-state index in [1.165, 1.54) is 5.01 Å². The van der Waals surface area contributed by atoms with Gasteiger partial charge in [0.2, 0.25) is 0 Å². The lowest BCUT2D eigenvalue weighted by Crippen LogP contribution is -2.30. The van der Waals surface area contributed by atoms with Gasteiger partial charge in [0, 0.05) is 26.2 Å². The number of rotatable bonds is 9. The van der Waals surface area contributed by atoms with E-state index in [2.05, 4.69) is 10.3 Å². The van der Waals surface area contributed by atoms with E-state index in [0.717, 1.165) is 27.4 Å². The van der Waals surface area contributed by atoms with Crippen LogP contribution in [0.2, 0.25) is 0 Å². The summed E-state index contributed by atoms with van der Waals surface area (Å²) in [6.07, 6.45) is 2.17. The minimum absolute atomic E-state index is 0.225. The van der Waals surface area contributed by atoms with Gasteiger partial charge in [-0.15, -0.1) is 11.3 Å². The Morgan fingerprint density at radius 2 is 1.91 bits per heavy atom. The van der Waals surface area contributed by atoms with E-state index in [4.69, 9.17) is 14.3 Å². The van der Waals surface area contributed by atoms with Crippen LogP contribution in [0.5, 0.6) is 11.5 Å². The average molecular weight is 493 g/mol. The monoisotopic (exact) mass is 492 g/mol. The molecule has 182 valence electrons. The third kappa shape index (κ3) is 5.63. The molecule has 4 rings (SSSR count). The predicted molar refractivity (Wildman–Crippen MR) is 139 cm³/mol. The molecule has 0 saturated carbocycles. The lowest BCUT2D eigenvalue weighted by molar-refractivity contribution is -0.137. The minimum atomic E-state index is -0.287. The van der Waals surface area contributed by atoms with Crippen molar-refractivity contribution in [1.82, 2.24) is 5.01 Å². The van der Waals surface area contributed by atoms with E-state index in [1.807, 2.05) is 79.0 Å². The Kier molecular flexibility index (Phi) is 7.67. The second-order valence-electron chi connectivity index (χ2n) is 8.09. The third-order valence-corrected chi connectivity index (χ3v) is 6.56. The van der Waals surface area contributed by atoms with Crippen molar-refractivity contribution in [2.45, 2.75) is 12.5 Å². The summed E-state index contributed by atoms with van der Waals surface area (Å²) in [5, 5.41) is 12.1. The van der Waals surface area contributed by atoms with Crippen molar-refractivity contribution in [3.05, 3.63) is 76.0 Å². The maximum atomic E-state index is 13.1. The zero-order valence-electron chi connectivity index (χ0n) is 20.2. The molecule has 9 heteroatoms. The maximum absolute atomic E-state index is 13.1. The normalized spacial score (nSPS) is 15.3. The average Bonchev–Trinajstić information content (AvgIpc) is 3.57. The summed E-state index contributed by atoms with van der Waals surface area (Å²) in [6.45, 7) is -0.225.